The van der Waals surface area contributed by atoms with Gasteiger partial charge in [-0.05, 0) is 47.5 Å². The molecule has 0 saturated heterocycles. The van der Waals surface area contributed by atoms with Crippen molar-refractivity contribution in [3.63, 3.8) is 0 Å². The molecule has 0 aromatic heterocycles. The van der Waals surface area contributed by atoms with Gasteiger partial charge in [0.1, 0.15) is 19.0 Å². The number of hydrogen-bond donors (Lipinski definition) is 3. The van der Waals surface area contributed by atoms with E-state index in [1.165, 1.54) is 0 Å². The molecule has 0 unspecified atom stereocenters. The summed E-state index contributed by atoms with van der Waals surface area (Å²) in [5, 5.41) is 8.08. The molecule has 0 rings (SSSR count). The predicted molar refractivity (Wildman–Crippen MR) is 114 cm³/mol. The van der Waals surface area contributed by atoms with Crippen molar-refractivity contribution in [3.8, 4) is 0 Å². The second kappa shape index (κ2) is 16.9. The standard InChI is InChI=1S/C11H21NO2.C10H20N2O3/c1-8(2)7-10(13)5-6-11(14)12-9(3)4;1-7(2)11-9(13)5-15-6-10(14)12-8(3)4/h8-9H,5-7H2,1-4H3,(H,12,14);7-8H,5-6H2,1-4H3,(H,11,13)(H,12,14). The molecule has 0 radical (unpaired) electrons. The van der Waals surface area contributed by atoms with E-state index in [0.717, 1.165) is 0 Å². The summed E-state index contributed by atoms with van der Waals surface area (Å²) in [4.78, 5) is 44.6. The fraction of sp³-hybridized carbons (Fsp3) is 0.810. The first-order valence-corrected chi connectivity index (χ1v) is 10.3. The van der Waals surface area contributed by atoms with Gasteiger partial charge in [-0.25, -0.2) is 0 Å². The fourth-order valence-electron chi connectivity index (χ4n) is 2.17. The molecular weight excluding hydrogens is 374 g/mol. The molecule has 0 fully saturated rings. The zero-order valence-corrected chi connectivity index (χ0v) is 19.4. The number of ether oxygens (including phenoxy) is 1. The number of carbonyl (C=O) groups is 4. The van der Waals surface area contributed by atoms with Gasteiger partial charge in [0.2, 0.25) is 17.7 Å². The molecule has 0 aromatic rings. The summed E-state index contributed by atoms with van der Waals surface area (Å²) >= 11 is 0. The highest BCUT2D eigenvalue weighted by Gasteiger charge is 2.09. The number of rotatable bonds is 12. The summed E-state index contributed by atoms with van der Waals surface area (Å²) in [5.41, 5.74) is 0. The quantitative estimate of drug-likeness (QED) is 0.451. The molecule has 8 heteroatoms. The van der Waals surface area contributed by atoms with Crippen LogP contribution in [0.1, 0.15) is 74.7 Å². The summed E-state index contributed by atoms with van der Waals surface area (Å²) in [7, 11) is 0. The van der Waals surface area contributed by atoms with Crippen molar-refractivity contribution in [2.45, 2.75) is 92.8 Å². The highest BCUT2D eigenvalue weighted by atomic mass is 16.5. The number of Topliss-reactive ketones (excluding diaryl/α,β-unsaturated/α-hetero) is 1. The first-order chi connectivity index (χ1) is 13.3. The number of nitrogens with one attached hydrogen (secondary N) is 3. The van der Waals surface area contributed by atoms with Crippen molar-refractivity contribution in [2.75, 3.05) is 13.2 Å². The zero-order valence-electron chi connectivity index (χ0n) is 19.4. The lowest BCUT2D eigenvalue weighted by Crippen LogP contribution is -2.36. The van der Waals surface area contributed by atoms with Crippen molar-refractivity contribution in [1.82, 2.24) is 16.0 Å². The lowest BCUT2D eigenvalue weighted by molar-refractivity contribution is -0.131. The Balaban J connectivity index is 0. The van der Waals surface area contributed by atoms with Gasteiger partial charge in [0.05, 0.1) is 0 Å². The Morgan fingerprint density at radius 3 is 1.34 bits per heavy atom. The van der Waals surface area contributed by atoms with E-state index in [-0.39, 0.29) is 54.8 Å². The van der Waals surface area contributed by atoms with Crippen LogP contribution in [0, 0.1) is 5.92 Å². The van der Waals surface area contributed by atoms with Crippen molar-refractivity contribution in [2.24, 2.45) is 5.92 Å². The fourth-order valence-corrected chi connectivity index (χ4v) is 2.17. The van der Waals surface area contributed by atoms with E-state index in [0.29, 0.717) is 25.2 Å². The Morgan fingerprint density at radius 1 is 0.621 bits per heavy atom. The van der Waals surface area contributed by atoms with E-state index in [9.17, 15) is 19.2 Å². The maximum absolute atomic E-state index is 11.3. The summed E-state index contributed by atoms with van der Waals surface area (Å²) in [5.74, 6) is 0.122. The molecular formula is C21H41N3O5. The molecule has 0 heterocycles. The molecule has 0 aliphatic rings. The first-order valence-electron chi connectivity index (χ1n) is 10.3. The Hall–Kier alpha value is -1.96. The van der Waals surface area contributed by atoms with Crippen molar-refractivity contribution < 1.29 is 23.9 Å². The summed E-state index contributed by atoms with van der Waals surface area (Å²) in [6, 6.07) is 0.332. The summed E-state index contributed by atoms with van der Waals surface area (Å²) < 4.78 is 4.93. The SMILES string of the molecule is CC(C)CC(=O)CCC(=O)NC(C)C.CC(C)NC(=O)COCC(=O)NC(C)C. The van der Waals surface area contributed by atoms with Gasteiger partial charge in [-0.2, -0.15) is 0 Å². The minimum absolute atomic E-state index is 0.0305. The van der Waals surface area contributed by atoms with E-state index in [4.69, 9.17) is 4.74 Å². The molecule has 3 amide bonds. The van der Waals surface area contributed by atoms with Crippen molar-refractivity contribution >= 4 is 23.5 Å². The Kier molecular flexibility index (Phi) is 17.1. The lowest BCUT2D eigenvalue weighted by Gasteiger charge is -2.10. The molecule has 3 N–H and O–H groups in total. The minimum Gasteiger partial charge on any atom is -0.362 e. The second-order valence-electron chi connectivity index (χ2n) is 8.30. The highest BCUT2D eigenvalue weighted by Crippen LogP contribution is 2.04. The maximum Gasteiger partial charge on any atom is 0.246 e. The van der Waals surface area contributed by atoms with E-state index >= 15 is 0 Å². The van der Waals surface area contributed by atoms with Gasteiger partial charge in [-0.3, -0.25) is 19.2 Å². The first kappa shape index (κ1) is 29.2. The summed E-state index contributed by atoms with van der Waals surface area (Å²) in [6.07, 6.45) is 1.27. The van der Waals surface area contributed by atoms with Gasteiger partial charge in [-0.15, -0.1) is 0 Å². The molecule has 8 nitrogen and oxygen atoms in total. The van der Waals surface area contributed by atoms with Crippen molar-refractivity contribution in [3.05, 3.63) is 0 Å². The Morgan fingerprint density at radius 2 is 1.00 bits per heavy atom. The summed E-state index contributed by atoms with van der Waals surface area (Å²) in [6.45, 7) is 15.1. The van der Waals surface area contributed by atoms with Crippen LogP contribution in [0.15, 0.2) is 0 Å². The van der Waals surface area contributed by atoms with Gasteiger partial charge in [-0.1, -0.05) is 13.8 Å². The van der Waals surface area contributed by atoms with Crippen LogP contribution in [-0.2, 0) is 23.9 Å². The molecule has 0 atom stereocenters. The smallest absolute Gasteiger partial charge is 0.246 e. The van der Waals surface area contributed by atoms with Crippen LogP contribution < -0.4 is 16.0 Å². The third kappa shape index (κ3) is 24.0. The molecule has 0 spiro atoms. The maximum atomic E-state index is 11.3. The number of carbonyl (C=O) groups excluding carboxylic acids is 4. The van der Waals surface area contributed by atoms with Crippen LogP contribution in [0.4, 0.5) is 0 Å². The van der Waals surface area contributed by atoms with Gasteiger partial charge in [0.15, 0.2) is 0 Å². The van der Waals surface area contributed by atoms with Gasteiger partial charge < -0.3 is 20.7 Å². The van der Waals surface area contributed by atoms with Crippen LogP contribution in [-0.4, -0.2) is 54.8 Å². The normalized spacial score (nSPS) is 10.6. The van der Waals surface area contributed by atoms with Crippen LogP contribution in [0.3, 0.4) is 0 Å². The zero-order chi connectivity index (χ0) is 23.0. The molecule has 0 bridgehead atoms. The molecule has 0 saturated carbocycles. The van der Waals surface area contributed by atoms with Crippen LogP contribution in [0.2, 0.25) is 0 Å². The van der Waals surface area contributed by atoms with E-state index in [1.807, 2.05) is 55.4 Å². The van der Waals surface area contributed by atoms with E-state index in [2.05, 4.69) is 16.0 Å². The van der Waals surface area contributed by atoms with Gasteiger partial charge in [0.25, 0.3) is 0 Å². The average molecular weight is 416 g/mol. The number of amides is 3. The lowest BCUT2D eigenvalue weighted by atomic mass is 10.0. The van der Waals surface area contributed by atoms with E-state index in [1.54, 1.807) is 0 Å². The van der Waals surface area contributed by atoms with Gasteiger partial charge >= 0.3 is 0 Å². The predicted octanol–water partition coefficient (Wildman–Crippen LogP) is 1.96. The largest absolute Gasteiger partial charge is 0.362 e. The van der Waals surface area contributed by atoms with Gasteiger partial charge in [0, 0.05) is 37.4 Å². The molecule has 29 heavy (non-hydrogen) atoms. The third-order valence-electron chi connectivity index (χ3n) is 3.08. The Bertz CT molecular complexity index is 459. The second-order valence-corrected chi connectivity index (χ2v) is 8.30. The monoisotopic (exact) mass is 415 g/mol. The number of ketones is 1. The van der Waals surface area contributed by atoms with E-state index < -0.39 is 0 Å². The number of hydrogen-bond acceptors (Lipinski definition) is 5. The average Bonchev–Trinajstić information content (AvgIpc) is 2.50. The Labute approximate surface area is 175 Å². The molecule has 0 aliphatic heterocycles. The van der Waals surface area contributed by atoms with Crippen LogP contribution in [0.5, 0.6) is 0 Å². The third-order valence-corrected chi connectivity index (χ3v) is 3.08. The van der Waals surface area contributed by atoms with Crippen LogP contribution >= 0.6 is 0 Å². The molecule has 0 aliphatic carbocycles. The topological polar surface area (TPSA) is 114 Å². The minimum atomic E-state index is -0.206. The molecule has 0 aromatic carbocycles. The van der Waals surface area contributed by atoms with Crippen LogP contribution in [0.25, 0.3) is 0 Å². The molecule has 170 valence electrons. The van der Waals surface area contributed by atoms with Crippen molar-refractivity contribution in [1.29, 1.82) is 0 Å². The highest BCUT2D eigenvalue weighted by molar-refractivity contribution is 5.85.